The molecule has 2 aromatic rings. The summed E-state index contributed by atoms with van der Waals surface area (Å²) in [6.07, 6.45) is 2.48. The van der Waals surface area contributed by atoms with Crippen LogP contribution in [0.4, 0.5) is 0 Å². The standard InChI is InChI=1S/C21H22O2/c1-5-20(3,4)19(22)23-21(6-2)17-13-9-7-11-15(17)16-12-8-10-14-18(16)21/h6-14H,2,5H2,1,3-4H3. The minimum Gasteiger partial charge on any atom is -0.444 e. The maximum absolute atomic E-state index is 12.8. The van der Waals surface area contributed by atoms with Crippen LogP contribution < -0.4 is 0 Å². The van der Waals surface area contributed by atoms with Gasteiger partial charge in [-0.2, -0.15) is 0 Å². The monoisotopic (exact) mass is 306 g/mol. The van der Waals surface area contributed by atoms with E-state index in [0.29, 0.717) is 0 Å². The number of benzene rings is 2. The third-order valence-corrected chi connectivity index (χ3v) is 4.92. The summed E-state index contributed by atoms with van der Waals surface area (Å²) in [7, 11) is 0. The van der Waals surface area contributed by atoms with Gasteiger partial charge in [-0.05, 0) is 37.5 Å². The Hall–Kier alpha value is -2.35. The van der Waals surface area contributed by atoms with Gasteiger partial charge in [0.15, 0.2) is 5.60 Å². The summed E-state index contributed by atoms with van der Waals surface area (Å²) in [5, 5.41) is 0. The van der Waals surface area contributed by atoms with Crippen LogP contribution in [0.25, 0.3) is 11.1 Å². The van der Waals surface area contributed by atoms with Gasteiger partial charge in [-0.3, -0.25) is 4.79 Å². The van der Waals surface area contributed by atoms with Crippen molar-refractivity contribution in [2.45, 2.75) is 32.8 Å². The van der Waals surface area contributed by atoms with Gasteiger partial charge < -0.3 is 4.74 Å². The van der Waals surface area contributed by atoms with Crippen molar-refractivity contribution in [1.29, 1.82) is 0 Å². The molecule has 2 nitrogen and oxygen atoms in total. The van der Waals surface area contributed by atoms with Gasteiger partial charge in [-0.1, -0.05) is 62.0 Å². The van der Waals surface area contributed by atoms with Crippen LogP contribution in [0.2, 0.25) is 0 Å². The first-order chi connectivity index (χ1) is 11.0. The number of fused-ring (bicyclic) bond motifs is 3. The molecule has 0 saturated carbocycles. The van der Waals surface area contributed by atoms with Gasteiger partial charge >= 0.3 is 5.97 Å². The maximum atomic E-state index is 12.8. The number of carbonyl (C=O) groups excluding carboxylic acids is 1. The third-order valence-electron chi connectivity index (χ3n) is 4.92. The minimum absolute atomic E-state index is 0.202. The maximum Gasteiger partial charge on any atom is 0.313 e. The molecule has 3 rings (SSSR count). The summed E-state index contributed by atoms with van der Waals surface area (Å²) < 4.78 is 6.10. The zero-order chi connectivity index (χ0) is 16.7. The van der Waals surface area contributed by atoms with Crippen LogP contribution >= 0.6 is 0 Å². The number of rotatable bonds is 4. The molecule has 0 bridgehead atoms. The summed E-state index contributed by atoms with van der Waals surface area (Å²) in [6.45, 7) is 9.83. The molecule has 0 heterocycles. The molecule has 2 heteroatoms. The topological polar surface area (TPSA) is 26.3 Å². The Kier molecular flexibility index (Phi) is 3.63. The molecular formula is C21H22O2. The van der Waals surface area contributed by atoms with Crippen LogP contribution in [-0.2, 0) is 15.1 Å². The Morgan fingerprint density at radius 2 is 1.57 bits per heavy atom. The SMILES string of the molecule is C=CC1(OC(=O)C(C)(C)CC)c2ccccc2-c2ccccc21. The van der Waals surface area contributed by atoms with Crippen LogP contribution in [0.15, 0.2) is 61.2 Å². The van der Waals surface area contributed by atoms with Crippen LogP contribution in [0.3, 0.4) is 0 Å². The smallest absolute Gasteiger partial charge is 0.313 e. The van der Waals surface area contributed by atoms with Crippen molar-refractivity contribution in [1.82, 2.24) is 0 Å². The molecule has 0 N–H and O–H groups in total. The van der Waals surface area contributed by atoms with Crippen molar-refractivity contribution in [3.8, 4) is 11.1 Å². The molecule has 0 radical (unpaired) electrons. The van der Waals surface area contributed by atoms with Crippen molar-refractivity contribution >= 4 is 5.97 Å². The second-order valence-electron chi connectivity index (χ2n) is 6.66. The zero-order valence-corrected chi connectivity index (χ0v) is 13.9. The van der Waals surface area contributed by atoms with E-state index >= 15 is 0 Å². The van der Waals surface area contributed by atoms with Crippen LogP contribution in [-0.4, -0.2) is 5.97 Å². The van der Waals surface area contributed by atoms with Crippen molar-refractivity contribution in [2.24, 2.45) is 5.41 Å². The van der Waals surface area contributed by atoms with Gasteiger partial charge in [0.1, 0.15) is 0 Å². The molecule has 1 aliphatic carbocycles. The highest BCUT2D eigenvalue weighted by molar-refractivity contribution is 5.84. The summed E-state index contributed by atoms with van der Waals surface area (Å²) in [5.74, 6) is -0.202. The molecule has 0 amide bonds. The third kappa shape index (κ3) is 2.21. The van der Waals surface area contributed by atoms with Crippen LogP contribution in [0, 0.1) is 5.41 Å². The molecule has 0 spiro atoms. The summed E-state index contributed by atoms with van der Waals surface area (Å²) >= 11 is 0. The lowest BCUT2D eigenvalue weighted by molar-refractivity contribution is -0.163. The van der Waals surface area contributed by atoms with Gasteiger partial charge in [0, 0.05) is 11.1 Å². The lowest BCUT2D eigenvalue weighted by Crippen LogP contribution is -2.36. The number of hydrogen-bond acceptors (Lipinski definition) is 2. The first-order valence-electron chi connectivity index (χ1n) is 8.02. The molecule has 0 fully saturated rings. The van der Waals surface area contributed by atoms with E-state index in [9.17, 15) is 4.79 Å². The lowest BCUT2D eigenvalue weighted by Gasteiger charge is -2.32. The normalized spacial score (nSPS) is 14.7. The van der Waals surface area contributed by atoms with E-state index in [2.05, 4.69) is 18.7 Å². The summed E-state index contributed by atoms with van der Waals surface area (Å²) in [5.41, 5.74) is 2.74. The second kappa shape index (κ2) is 5.38. The predicted molar refractivity (Wildman–Crippen MR) is 93.0 cm³/mol. The first kappa shape index (κ1) is 15.5. The van der Waals surface area contributed by atoms with Gasteiger partial charge in [0.05, 0.1) is 5.41 Å². The van der Waals surface area contributed by atoms with E-state index in [1.54, 1.807) is 6.08 Å². The molecule has 118 valence electrons. The molecule has 0 aromatic heterocycles. The molecule has 0 aliphatic heterocycles. The molecule has 23 heavy (non-hydrogen) atoms. The quantitative estimate of drug-likeness (QED) is 0.582. The Bertz CT molecular complexity index is 725. The first-order valence-corrected chi connectivity index (χ1v) is 8.02. The van der Waals surface area contributed by atoms with Crippen molar-refractivity contribution in [3.05, 3.63) is 72.3 Å². The predicted octanol–water partition coefficient (Wildman–Crippen LogP) is 5.08. The Balaban J connectivity index is 2.19. The average molecular weight is 306 g/mol. The van der Waals surface area contributed by atoms with Gasteiger partial charge in [-0.25, -0.2) is 0 Å². The van der Waals surface area contributed by atoms with E-state index in [0.717, 1.165) is 28.7 Å². The molecule has 0 unspecified atom stereocenters. The highest BCUT2D eigenvalue weighted by atomic mass is 16.6. The number of esters is 1. The van der Waals surface area contributed by atoms with Gasteiger partial charge in [0.25, 0.3) is 0 Å². The summed E-state index contributed by atoms with van der Waals surface area (Å²) in [4.78, 5) is 12.8. The van der Waals surface area contributed by atoms with Crippen molar-refractivity contribution in [3.63, 3.8) is 0 Å². The Morgan fingerprint density at radius 1 is 1.09 bits per heavy atom. The molecule has 0 atom stereocenters. The summed E-state index contributed by atoms with van der Waals surface area (Å²) in [6, 6.07) is 16.1. The van der Waals surface area contributed by atoms with E-state index in [-0.39, 0.29) is 5.97 Å². The zero-order valence-electron chi connectivity index (χ0n) is 13.9. The number of hydrogen-bond donors (Lipinski definition) is 0. The molecular weight excluding hydrogens is 284 g/mol. The van der Waals surface area contributed by atoms with Crippen molar-refractivity contribution in [2.75, 3.05) is 0 Å². The Labute approximate surface area is 137 Å². The second-order valence-corrected chi connectivity index (χ2v) is 6.66. The van der Waals surface area contributed by atoms with Crippen LogP contribution in [0.1, 0.15) is 38.3 Å². The fourth-order valence-corrected chi connectivity index (χ4v) is 3.03. The highest BCUT2D eigenvalue weighted by Gasteiger charge is 2.46. The molecule has 2 aromatic carbocycles. The van der Waals surface area contributed by atoms with Gasteiger partial charge in [-0.15, -0.1) is 0 Å². The van der Waals surface area contributed by atoms with E-state index in [4.69, 9.17) is 4.74 Å². The fourth-order valence-electron chi connectivity index (χ4n) is 3.03. The van der Waals surface area contributed by atoms with Crippen molar-refractivity contribution < 1.29 is 9.53 Å². The van der Waals surface area contributed by atoms with Gasteiger partial charge in [0.2, 0.25) is 0 Å². The van der Waals surface area contributed by atoms with Crippen LogP contribution in [0.5, 0.6) is 0 Å². The van der Waals surface area contributed by atoms with E-state index < -0.39 is 11.0 Å². The largest absolute Gasteiger partial charge is 0.444 e. The highest BCUT2D eigenvalue weighted by Crippen LogP contribution is 2.50. The fraction of sp³-hybridized carbons (Fsp3) is 0.286. The number of carbonyl (C=O) groups is 1. The van der Waals surface area contributed by atoms with E-state index in [1.807, 2.05) is 57.2 Å². The average Bonchev–Trinajstić information content (AvgIpc) is 2.86. The van der Waals surface area contributed by atoms with E-state index in [1.165, 1.54) is 0 Å². The lowest BCUT2D eigenvalue weighted by atomic mass is 9.88. The molecule has 1 aliphatic rings. The molecule has 0 saturated heterocycles. The minimum atomic E-state index is -0.906. The Morgan fingerprint density at radius 3 is 2.00 bits per heavy atom. The number of ether oxygens (including phenoxy) is 1.